The fourth-order valence-electron chi connectivity index (χ4n) is 1.94. The van der Waals surface area contributed by atoms with Crippen molar-refractivity contribution in [1.29, 1.82) is 0 Å². The van der Waals surface area contributed by atoms with Crippen LogP contribution in [0.25, 0.3) is 0 Å². The van der Waals surface area contributed by atoms with Crippen molar-refractivity contribution in [3.05, 3.63) is 60.7 Å². The molecule has 124 valence electrons. The zero-order valence-corrected chi connectivity index (χ0v) is 16.6. The minimum absolute atomic E-state index is 1.22. The molecule has 0 radical (unpaired) electrons. The zero-order chi connectivity index (χ0) is 16.0. The predicted octanol–water partition coefficient (Wildman–Crippen LogP) is 6.43. The van der Waals surface area contributed by atoms with Crippen LogP contribution in [-0.2, 0) is 0 Å². The molecular weight excluding hydrogens is 356 g/mol. The highest BCUT2D eigenvalue weighted by Crippen LogP contribution is 2.20. The first-order valence-electron chi connectivity index (χ1n) is 7.96. The Kier molecular flexibility index (Phi) is 11.0. The van der Waals surface area contributed by atoms with Crippen LogP contribution in [-0.4, -0.2) is 34.5 Å². The molecule has 0 saturated carbocycles. The summed E-state index contributed by atoms with van der Waals surface area (Å²) in [4.78, 5) is 2.78. The van der Waals surface area contributed by atoms with E-state index in [1.165, 1.54) is 50.7 Å². The monoisotopic (exact) mass is 380 g/mol. The second-order valence-electron chi connectivity index (χ2n) is 4.90. The van der Waals surface area contributed by atoms with E-state index in [0.29, 0.717) is 0 Å². The third-order valence-electron chi connectivity index (χ3n) is 3.06. The molecule has 0 bridgehead atoms. The normalized spacial score (nSPS) is 10.8. The van der Waals surface area contributed by atoms with Crippen molar-refractivity contribution in [3.63, 3.8) is 0 Å². The third kappa shape index (κ3) is 9.65. The van der Waals surface area contributed by atoms with E-state index < -0.39 is 0 Å². The van der Waals surface area contributed by atoms with Crippen molar-refractivity contribution in [2.75, 3.05) is 34.5 Å². The van der Waals surface area contributed by atoms with E-state index >= 15 is 0 Å². The van der Waals surface area contributed by atoms with Gasteiger partial charge in [0.25, 0.3) is 0 Å². The van der Waals surface area contributed by atoms with Gasteiger partial charge in [0.05, 0.1) is 0 Å². The Labute approximate surface area is 158 Å². The van der Waals surface area contributed by atoms with E-state index in [2.05, 4.69) is 84.2 Å². The maximum absolute atomic E-state index is 2.19. The van der Waals surface area contributed by atoms with Gasteiger partial charge in [-0.05, 0) is 42.2 Å². The van der Waals surface area contributed by atoms with Crippen LogP contribution in [0, 0.1) is 0 Å². The van der Waals surface area contributed by atoms with Crippen molar-refractivity contribution in [2.24, 2.45) is 0 Å². The van der Waals surface area contributed by atoms with Gasteiger partial charge in [-0.1, -0.05) is 36.4 Å². The molecule has 0 aromatic heterocycles. The van der Waals surface area contributed by atoms with Crippen LogP contribution < -0.4 is 0 Å². The molecule has 0 nitrogen and oxygen atoms in total. The van der Waals surface area contributed by atoms with Gasteiger partial charge in [0, 0.05) is 32.8 Å². The lowest BCUT2D eigenvalue weighted by molar-refractivity contribution is 1.12. The standard InChI is InChI=1S/C19H24S4/c1-3-8-18(9-4-1)22-16-14-20-12-7-13-21-15-17-23-19-10-5-2-6-11-19/h1-6,8-11H,7,12-17H2. The van der Waals surface area contributed by atoms with Gasteiger partial charge in [0.2, 0.25) is 0 Å². The lowest BCUT2D eigenvalue weighted by Gasteiger charge is -2.03. The van der Waals surface area contributed by atoms with Crippen molar-refractivity contribution < 1.29 is 0 Å². The Morgan fingerprint density at radius 2 is 0.913 bits per heavy atom. The van der Waals surface area contributed by atoms with E-state index in [4.69, 9.17) is 0 Å². The quantitative estimate of drug-likeness (QED) is 0.307. The molecule has 0 aliphatic heterocycles. The fraction of sp³-hybridized carbons (Fsp3) is 0.368. The number of rotatable bonds is 12. The Hall–Kier alpha value is -0.160. The second kappa shape index (κ2) is 13.2. The van der Waals surface area contributed by atoms with Crippen LogP contribution in [0.4, 0.5) is 0 Å². The zero-order valence-electron chi connectivity index (χ0n) is 13.4. The summed E-state index contributed by atoms with van der Waals surface area (Å²) >= 11 is 8.12. The average Bonchev–Trinajstić information content (AvgIpc) is 2.61. The Bertz CT molecular complexity index is 454. The minimum atomic E-state index is 1.22. The summed E-state index contributed by atoms with van der Waals surface area (Å²) in [5.74, 6) is 7.55. The highest BCUT2D eigenvalue weighted by molar-refractivity contribution is 8.03. The summed E-state index contributed by atoms with van der Waals surface area (Å²) in [6.07, 6.45) is 1.33. The first-order valence-corrected chi connectivity index (χ1v) is 12.2. The molecule has 2 rings (SSSR count). The molecule has 0 fully saturated rings. The first-order chi connectivity index (χ1) is 11.4. The Morgan fingerprint density at radius 3 is 1.35 bits per heavy atom. The van der Waals surface area contributed by atoms with Crippen LogP contribution in [0.15, 0.2) is 70.5 Å². The first kappa shape index (κ1) is 19.2. The number of benzene rings is 2. The van der Waals surface area contributed by atoms with E-state index in [1.807, 2.05) is 23.5 Å². The van der Waals surface area contributed by atoms with Crippen molar-refractivity contribution in [2.45, 2.75) is 16.2 Å². The van der Waals surface area contributed by atoms with Crippen molar-refractivity contribution >= 4 is 47.0 Å². The molecule has 0 saturated heterocycles. The molecule has 23 heavy (non-hydrogen) atoms. The average molecular weight is 381 g/mol. The summed E-state index contributed by atoms with van der Waals surface area (Å²) in [6, 6.07) is 21.4. The maximum Gasteiger partial charge on any atom is 0.00722 e. The molecule has 0 atom stereocenters. The second-order valence-corrected chi connectivity index (χ2v) is 9.69. The van der Waals surface area contributed by atoms with Crippen LogP contribution >= 0.6 is 47.0 Å². The van der Waals surface area contributed by atoms with Crippen molar-refractivity contribution in [1.82, 2.24) is 0 Å². The molecule has 2 aromatic carbocycles. The maximum atomic E-state index is 2.19. The van der Waals surface area contributed by atoms with Crippen LogP contribution in [0.1, 0.15) is 6.42 Å². The lowest BCUT2D eigenvalue weighted by Crippen LogP contribution is -1.91. The van der Waals surface area contributed by atoms with Gasteiger partial charge in [-0.15, -0.1) is 23.5 Å². The van der Waals surface area contributed by atoms with Crippen LogP contribution in [0.5, 0.6) is 0 Å². The van der Waals surface area contributed by atoms with Gasteiger partial charge in [-0.2, -0.15) is 23.5 Å². The fourth-order valence-corrected chi connectivity index (χ4v) is 6.01. The molecule has 0 heterocycles. The van der Waals surface area contributed by atoms with E-state index in [9.17, 15) is 0 Å². The van der Waals surface area contributed by atoms with Gasteiger partial charge >= 0.3 is 0 Å². The summed E-state index contributed by atoms with van der Waals surface area (Å²) in [5.41, 5.74) is 0. The number of thioether (sulfide) groups is 4. The highest BCUT2D eigenvalue weighted by atomic mass is 32.2. The molecule has 4 heteroatoms. The third-order valence-corrected chi connectivity index (χ3v) is 7.74. The van der Waals surface area contributed by atoms with E-state index in [-0.39, 0.29) is 0 Å². The predicted molar refractivity (Wildman–Crippen MR) is 114 cm³/mol. The van der Waals surface area contributed by atoms with Gasteiger partial charge in [-0.3, -0.25) is 0 Å². The van der Waals surface area contributed by atoms with Gasteiger partial charge in [0.1, 0.15) is 0 Å². The highest BCUT2D eigenvalue weighted by Gasteiger charge is 1.96. The van der Waals surface area contributed by atoms with E-state index in [0.717, 1.165) is 0 Å². The summed E-state index contributed by atoms with van der Waals surface area (Å²) in [6.45, 7) is 0. The SMILES string of the molecule is c1ccc(SCCSCCCSCCSc2ccccc2)cc1. The van der Waals surface area contributed by atoms with E-state index in [1.54, 1.807) is 0 Å². The largest absolute Gasteiger partial charge is 0.161 e. The summed E-state index contributed by atoms with van der Waals surface area (Å²) < 4.78 is 0. The Morgan fingerprint density at radius 1 is 0.478 bits per heavy atom. The molecule has 0 spiro atoms. The van der Waals surface area contributed by atoms with Gasteiger partial charge in [-0.25, -0.2) is 0 Å². The molecule has 0 amide bonds. The number of hydrogen-bond donors (Lipinski definition) is 0. The molecular formula is C19H24S4. The summed E-state index contributed by atoms with van der Waals surface area (Å²) in [5, 5.41) is 0. The molecule has 0 aliphatic rings. The van der Waals surface area contributed by atoms with Crippen molar-refractivity contribution in [3.8, 4) is 0 Å². The lowest BCUT2D eigenvalue weighted by atomic mass is 10.4. The molecule has 0 unspecified atom stereocenters. The molecule has 0 N–H and O–H groups in total. The molecule has 0 aliphatic carbocycles. The minimum Gasteiger partial charge on any atom is -0.161 e. The Balaban J connectivity index is 1.34. The topological polar surface area (TPSA) is 0 Å². The smallest absolute Gasteiger partial charge is 0.00722 e. The number of hydrogen-bond acceptors (Lipinski definition) is 4. The van der Waals surface area contributed by atoms with Gasteiger partial charge < -0.3 is 0 Å². The molecule has 2 aromatic rings. The van der Waals surface area contributed by atoms with Crippen LogP contribution in [0.2, 0.25) is 0 Å². The van der Waals surface area contributed by atoms with Crippen LogP contribution in [0.3, 0.4) is 0 Å². The van der Waals surface area contributed by atoms with Gasteiger partial charge in [0.15, 0.2) is 0 Å². The summed E-state index contributed by atoms with van der Waals surface area (Å²) in [7, 11) is 0.